The predicted molar refractivity (Wildman–Crippen MR) is 205 cm³/mol. The zero-order valence-electron chi connectivity index (χ0n) is 29.8. The molecular formula is C42H55ClN2O3S. The van der Waals surface area contributed by atoms with Gasteiger partial charge in [-0.15, -0.1) is 0 Å². The summed E-state index contributed by atoms with van der Waals surface area (Å²) in [6, 6.07) is 26.9. The highest BCUT2D eigenvalue weighted by atomic mass is 35.5. The zero-order chi connectivity index (χ0) is 34.1. The molecule has 49 heavy (non-hydrogen) atoms. The van der Waals surface area contributed by atoms with Crippen molar-refractivity contribution in [2.24, 2.45) is 11.3 Å². The lowest BCUT2D eigenvalue weighted by Gasteiger charge is -2.25. The SMILES string of the molecule is CC(C)(O)c1ccccc1CC[C@@H](SCC1(CC(=O)[O-])CC1)c1cccc(CCc2ccc3ccc(Cl)cc3n2)c1.CC1CCCCC1.[NH4+]. The summed E-state index contributed by atoms with van der Waals surface area (Å²) in [4.78, 5) is 16.2. The minimum atomic E-state index is -0.953. The zero-order valence-corrected chi connectivity index (χ0v) is 31.4. The van der Waals surface area contributed by atoms with Crippen molar-refractivity contribution in [3.8, 4) is 0 Å². The Hall–Kier alpha value is -2.90. The van der Waals surface area contributed by atoms with Crippen LogP contribution in [0.4, 0.5) is 0 Å². The molecule has 3 aromatic carbocycles. The van der Waals surface area contributed by atoms with Gasteiger partial charge in [0, 0.05) is 27.3 Å². The lowest BCUT2D eigenvalue weighted by molar-refractivity contribution is -0.307. The van der Waals surface area contributed by atoms with Crippen LogP contribution in [0.2, 0.25) is 5.02 Å². The molecule has 2 aliphatic rings. The number of carbonyl (C=O) groups is 1. The first-order chi connectivity index (χ1) is 23.0. The van der Waals surface area contributed by atoms with Gasteiger partial charge in [0.15, 0.2) is 0 Å². The predicted octanol–water partition coefficient (Wildman–Crippen LogP) is 10.2. The number of aryl methyl sites for hydroxylation is 3. The van der Waals surface area contributed by atoms with Gasteiger partial charge in [-0.3, -0.25) is 4.98 Å². The molecule has 6 rings (SSSR count). The highest BCUT2D eigenvalue weighted by Crippen LogP contribution is 2.53. The van der Waals surface area contributed by atoms with E-state index in [1.807, 2.05) is 62.0 Å². The number of halogens is 1. The molecule has 1 atom stereocenters. The van der Waals surface area contributed by atoms with Crippen LogP contribution in [0.5, 0.6) is 0 Å². The third-order valence-corrected chi connectivity index (χ3v) is 11.9. The summed E-state index contributed by atoms with van der Waals surface area (Å²) in [6.45, 7) is 6.02. The summed E-state index contributed by atoms with van der Waals surface area (Å²) in [5, 5.41) is 24.1. The number of carboxylic acids is 1. The number of pyridine rings is 1. The summed E-state index contributed by atoms with van der Waals surface area (Å²) in [7, 11) is 0. The lowest BCUT2D eigenvalue weighted by atomic mass is 9.90. The third kappa shape index (κ3) is 11.8. The Labute approximate surface area is 302 Å². The molecule has 0 aliphatic heterocycles. The maximum Gasteiger partial charge on any atom is 0.0843 e. The van der Waals surface area contributed by atoms with Crippen LogP contribution in [0.3, 0.4) is 0 Å². The number of rotatable bonds is 13. The second-order valence-electron chi connectivity index (χ2n) is 14.7. The molecule has 0 radical (unpaired) electrons. The van der Waals surface area contributed by atoms with Gasteiger partial charge in [-0.1, -0.05) is 111 Å². The largest absolute Gasteiger partial charge is 0.550 e. The number of carboxylic acid groups (broad SMARTS) is 1. The summed E-state index contributed by atoms with van der Waals surface area (Å²) in [6.07, 6.45) is 12.9. The van der Waals surface area contributed by atoms with E-state index in [0.717, 1.165) is 77.9 Å². The van der Waals surface area contributed by atoms with E-state index >= 15 is 0 Å². The van der Waals surface area contributed by atoms with Crippen LogP contribution in [0, 0.1) is 11.3 Å². The lowest BCUT2D eigenvalue weighted by Crippen LogP contribution is -2.26. The maximum atomic E-state index is 11.4. The Balaban J connectivity index is 0.000000602. The van der Waals surface area contributed by atoms with Crippen LogP contribution in [0.1, 0.15) is 112 Å². The molecule has 0 bridgehead atoms. The van der Waals surface area contributed by atoms with Crippen LogP contribution < -0.4 is 11.3 Å². The number of benzene rings is 3. The van der Waals surface area contributed by atoms with Gasteiger partial charge in [0.1, 0.15) is 0 Å². The normalized spacial score (nSPS) is 16.3. The highest BCUT2D eigenvalue weighted by Gasteiger charge is 2.42. The topological polar surface area (TPSA) is 110 Å². The van der Waals surface area contributed by atoms with Gasteiger partial charge >= 0.3 is 0 Å². The van der Waals surface area contributed by atoms with E-state index in [1.54, 1.807) is 0 Å². The fraction of sp³-hybridized carbons (Fsp3) is 0.476. The highest BCUT2D eigenvalue weighted by molar-refractivity contribution is 7.99. The molecule has 2 aliphatic carbocycles. The van der Waals surface area contributed by atoms with Crippen molar-refractivity contribution < 1.29 is 15.0 Å². The van der Waals surface area contributed by atoms with E-state index in [2.05, 4.69) is 49.4 Å². The minimum absolute atomic E-state index is 0. The molecular weight excluding hydrogens is 648 g/mol. The second-order valence-corrected chi connectivity index (χ2v) is 16.4. The van der Waals surface area contributed by atoms with Crippen molar-refractivity contribution in [3.63, 3.8) is 0 Å². The summed E-state index contributed by atoms with van der Waals surface area (Å²) in [5.41, 5.74) is 5.54. The van der Waals surface area contributed by atoms with E-state index in [9.17, 15) is 15.0 Å². The fourth-order valence-electron chi connectivity index (χ4n) is 6.90. The molecule has 0 amide bonds. The van der Waals surface area contributed by atoms with Crippen LogP contribution in [0.15, 0.2) is 78.9 Å². The first kappa shape index (κ1) is 38.9. The standard InChI is InChI=1S/C35H38ClNO3S.C7H14.H3N/c1-34(2,40)30-9-4-3-7-25(30)13-17-32(41-23-35(18-19-35)22-33(38)39)27-8-5-6-24(20-27)10-15-29-16-12-26-11-14-28(36)21-31(26)37-29;1-7-5-3-2-4-6-7;/h3-9,11-12,14,16,20-21,32,40H,10,13,15,17-19,22-23H2,1-2H3,(H,38,39);7H,2-6H2,1H3;1H3/t32-;;/m1../s1. The minimum Gasteiger partial charge on any atom is -0.550 e. The summed E-state index contributed by atoms with van der Waals surface area (Å²) < 4.78 is 0. The number of aliphatic hydroxyl groups is 1. The van der Waals surface area contributed by atoms with Gasteiger partial charge in [0.05, 0.1) is 11.1 Å². The van der Waals surface area contributed by atoms with Crippen LogP contribution in [-0.2, 0) is 29.7 Å². The van der Waals surface area contributed by atoms with Gasteiger partial charge in [-0.05, 0) is 116 Å². The maximum absolute atomic E-state index is 11.4. The van der Waals surface area contributed by atoms with Crippen LogP contribution >= 0.6 is 23.4 Å². The van der Waals surface area contributed by atoms with E-state index in [0.29, 0.717) is 5.02 Å². The fourth-order valence-corrected chi connectivity index (χ4v) is 8.64. The van der Waals surface area contributed by atoms with E-state index in [-0.39, 0.29) is 23.2 Å². The van der Waals surface area contributed by atoms with Crippen LogP contribution in [-0.4, -0.2) is 21.8 Å². The van der Waals surface area contributed by atoms with Crippen molar-refractivity contribution in [1.82, 2.24) is 11.1 Å². The molecule has 4 aromatic rings. The van der Waals surface area contributed by atoms with Crippen molar-refractivity contribution in [3.05, 3.63) is 112 Å². The van der Waals surface area contributed by atoms with Gasteiger partial charge in [0.25, 0.3) is 0 Å². The van der Waals surface area contributed by atoms with Gasteiger partial charge in [-0.25, -0.2) is 0 Å². The number of aromatic nitrogens is 1. The van der Waals surface area contributed by atoms with E-state index in [4.69, 9.17) is 16.6 Å². The Bertz CT molecular complexity index is 1660. The second kappa shape index (κ2) is 17.8. The molecule has 5 N–H and O–H groups in total. The number of quaternary nitrogens is 1. The molecule has 0 spiro atoms. The Morgan fingerprint density at radius 1 is 0.980 bits per heavy atom. The number of hydrogen-bond acceptors (Lipinski definition) is 5. The number of nitrogens with zero attached hydrogens (tertiary/aromatic N) is 1. The van der Waals surface area contributed by atoms with Crippen molar-refractivity contribution in [2.75, 3.05) is 5.75 Å². The van der Waals surface area contributed by atoms with Crippen molar-refractivity contribution in [2.45, 2.75) is 109 Å². The average molecular weight is 703 g/mol. The smallest absolute Gasteiger partial charge is 0.0843 e. The summed E-state index contributed by atoms with van der Waals surface area (Å²) >= 11 is 8.05. The van der Waals surface area contributed by atoms with Gasteiger partial charge in [0.2, 0.25) is 0 Å². The number of aliphatic carboxylic acids is 1. The Kier molecular flexibility index (Phi) is 14.2. The van der Waals surface area contributed by atoms with Crippen molar-refractivity contribution in [1.29, 1.82) is 0 Å². The van der Waals surface area contributed by atoms with Gasteiger partial charge < -0.3 is 21.2 Å². The number of fused-ring (bicyclic) bond motifs is 1. The third-order valence-electron chi connectivity index (χ3n) is 10.0. The van der Waals surface area contributed by atoms with Crippen molar-refractivity contribution >= 4 is 40.2 Å². The quantitative estimate of drug-likeness (QED) is 0.144. The number of thioether (sulfide) groups is 1. The molecule has 0 saturated heterocycles. The monoisotopic (exact) mass is 702 g/mol. The molecule has 2 fully saturated rings. The van der Waals surface area contributed by atoms with E-state index in [1.165, 1.54) is 43.2 Å². The molecule has 2 saturated carbocycles. The molecule has 0 unspecified atom stereocenters. The van der Waals surface area contributed by atoms with Crippen LogP contribution in [0.25, 0.3) is 10.9 Å². The van der Waals surface area contributed by atoms with Gasteiger partial charge in [-0.2, -0.15) is 11.8 Å². The summed E-state index contributed by atoms with van der Waals surface area (Å²) in [5.74, 6) is 0.895. The molecule has 1 aromatic heterocycles. The first-order valence-electron chi connectivity index (χ1n) is 17.8. The number of hydrogen-bond donors (Lipinski definition) is 2. The molecule has 7 heteroatoms. The molecule has 1 heterocycles. The average Bonchev–Trinajstić information content (AvgIpc) is 3.82. The Morgan fingerprint density at radius 2 is 1.71 bits per heavy atom. The molecule has 264 valence electrons. The Morgan fingerprint density at radius 3 is 2.39 bits per heavy atom. The first-order valence-corrected chi connectivity index (χ1v) is 19.2. The van der Waals surface area contributed by atoms with E-state index < -0.39 is 11.6 Å². The molecule has 5 nitrogen and oxygen atoms in total. The number of carbonyl (C=O) groups excluding carboxylic acids is 1.